The van der Waals surface area contributed by atoms with E-state index < -0.39 is 28.1 Å². The van der Waals surface area contributed by atoms with Crippen molar-refractivity contribution < 1.29 is 17.9 Å². The molecule has 9 heteroatoms. The Morgan fingerprint density at radius 2 is 2.04 bits per heavy atom. The minimum absolute atomic E-state index is 0.00909. The van der Waals surface area contributed by atoms with Crippen LogP contribution in [0.2, 0.25) is 0 Å². The molecule has 2 aromatic rings. The van der Waals surface area contributed by atoms with Crippen molar-refractivity contribution >= 4 is 15.9 Å². The number of ether oxygens (including phenoxy) is 1. The predicted octanol–water partition coefficient (Wildman–Crippen LogP) is 0.649. The number of aromatic nitrogens is 1. The Bertz CT molecular complexity index is 939. The lowest BCUT2D eigenvalue weighted by molar-refractivity contribution is -0.121. The molecule has 0 aliphatic carbocycles. The monoisotopic (exact) mass is 372 g/mol. The largest absolute Gasteiger partial charge is 0.487 e. The summed E-state index contributed by atoms with van der Waals surface area (Å²) < 4.78 is 32.6. The van der Waals surface area contributed by atoms with E-state index in [0.29, 0.717) is 11.3 Å². The SMILES string of the molecule is N#Cc1ccc(S(=O)(=O)N2C[C@@H](Oc3cccnc3)C[C@H]2C(N)=O)cc1. The number of pyridine rings is 1. The molecule has 1 aromatic carbocycles. The Morgan fingerprint density at radius 3 is 2.62 bits per heavy atom. The average molecular weight is 372 g/mol. The van der Waals surface area contributed by atoms with Crippen LogP contribution in [0.25, 0.3) is 0 Å². The number of hydrogen-bond donors (Lipinski definition) is 1. The first-order valence-corrected chi connectivity index (χ1v) is 9.24. The first kappa shape index (κ1) is 17.8. The summed E-state index contributed by atoms with van der Waals surface area (Å²) in [5.74, 6) is -0.252. The summed E-state index contributed by atoms with van der Waals surface area (Å²) in [5.41, 5.74) is 5.75. The number of amides is 1. The van der Waals surface area contributed by atoms with E-state index in [2.05, 4.69) is 4.98 Å². The second kappa shape index (κ2) is 7.11. The van der Waals surface area contributed by atoms with Crippen LogP contribution in [0.15, 0.2) is 53.7 Å². The molecule has 2 heterocycles. The second-order valence-electron chi connectivity index (χ2n) is 5.79. The van der Waals surface area contributed by atoms with Crippen LogP contribution in [0, 0.1) is 11.3 Å². The number of carbonyl (C=O) groups excluding carboxylic acids is 1. The first-order chi connectivity index (χ1) is 12.4. The molecule has 1 aliphatic rings. The van der Waals surface area contributed by atoms with Gasteiger partial charge in [0.15, 0.2) is 0 Å². The maximum Gasteiger partial charge on any atom is 0.243 e. The molecule has 1 aliphatic heterocycles. The maximum absolute atomic E-state index is 12.9. The molecule has 0 spiro atoms. The van der Waals surface area contributed by atoms with E-state index >= 15 is 0 Å². The van der Waals surface area contributed by atoms with Crippen LogP contribution < -0.4 is 10.5 Å². The fourth-order valence-electron chi connectivity index (χ4n) is 2.82. The lowest BCUT2D eigenvalue weighted by Gasteiger charge is -2.21. The van der Waals surface area contributed by atoms with Gasteiger partial charge in [-0.1, -0.05) is 0 Å². The third-order valence-corrected chi connectivity index (χ3v) is 5.96. The molecule has 8 nitrogen and oxygen atoms in total. The van der Waals surface area contributed by atoms with Crippen molar-refractivity contribution in [2.75, 3.05) is 6.54 Å². The van der Waals surface area contributed by atoms with Gasteiger partial charge in [-0.05, 0) is 36.4 Å². The van der Waals surface area contributed by atoms with E-state index in [4.69, 9.17) is 15.7 Å². The lowest BCUT2D eigenvalue weighted by Crippen LogP contribution is -2.43. The molecule has 1 amide bonds. The van der Waals surface area contributed by atoms with Crippen LogP contribution in [0.1, 0.15) is 12.0 Å². The molecule has 0 unspecified atom stereocenters. The van der Waals surface area contributed by atoms with E-state index in [9.17, 15) is 13.2 Å². The van der Waals surface area contributed by atoms with Crippen molar-refractivity contribution in [3.8, 4) is 11.8 Å². The van der Waals surface area contributed by atoms with Gasteiger partial charge >= 0.3 is 0 Å². The van der Waals surface area contributed by atoms with Gasteiger partial charge in [0.05, 0.1) is 29.3 Å². The van der Waals surface area contributed by atoms with Gasteiger partial charge in [0.1, 0.15) is 17.9 Å². The number of rotatable bonds is 5. The van der Waals surface area contributed by atoms with Gasteiger partial charge in [-0.15, -0.1) is 0 Å². The smallest absolute Gasteiger partial charge is 0.243 e. The fraction of sp³-hybridized carbons (Fsp3) is 0.235. The second-order valence-corrected chi connectivity index (χ2v) is 7.68. The molecular formula is C17H16N4O4S. The van der Waals surface area contributed by atoms with E-state index in [0.717, 1.165) is 4.31 Å². The van der Waals surface area contributed by atoms with E-state index in [-0.39, 0.29) is 17.9 Å². The summed E-state index contributed by atoms with van der Waals surface area (Å²) in [5, 5.41) is 8.84. The van der Waals surface area contributed by atoms with Crippen LogP contribution in [0.4, 0.5) is 0 Å². The number of nitrogens with two attached hydrogens (primary N) is 1. The number of nitrogens with zero attached hydrogens (tertiary/aromatic N) is 3. The molecule has 1 saturated heterocycles. The maximum atomic E-state index is 12.9. The molecule has 0 bridgehead atoms. The zero-order chi connectivity index (χ0) is 18.7. The van der Waals surface area contributed by atoms with Gasteiger partial charge in [0, 0.05) is 12.6 Å². The Balaban J connectivity index is 1.86. The molecule has 26 heavy (non-hydrogen) atoms. The van der Waals surface area contributed by atoms with Crippen LogP contribution in [-0.4, -0.2) is 42.3 Å². The van der Waals surface area contributed by atoms with Gasteiger partial charge in [0.25, 0.3) is 0 Å². The number of hydrogen-bond acceptors (Lipinski definition) is 6. The van der Waals surface area contributed by atoms with Crippen molar-refractivity contribution in [2.24, 2.45) is 5.73 Å². The quantitative estimate of drug-likeness (QED) is 0.821. The Hall–Kier alpha value is -2.96. The van der Waals surface area contributed by atoms with E-state index in [1.54, 1.807) is 18.3 Å². The average Bonchev–Trinajstić information content (AvgIpc) is 3.07. The fourth-order valence-corrected chi connectivity index (χ4v) is 4.46. The zero-order valence-electron chi connectivity index (χ0n) is 13.6. The number of sulfonamides is 1. The topological polar surface area (TPSA) is 126 Å². The van der Waals surface area contributed by atoms with Crippen molar-refractivity contribution in [3.05, 3.63) is 54.4 Å². The predicted molar refractivity (Wildman–Crippen MR) is 91.3 cm³/mol. The highest BCUT2D eigenvalue weighted by Gasteiger charge is 2.44. The molecule has 2 atom stereocenters. The molecule has 0 radical (unpaired) electrons. The standard InChI is InChI=1S/C17H16N4O4S/c18-9-12-3-5-15(6-4-12)26(23,24)21-11-14(8-16(21)17(19)22)25-13-2-1-7-20-10-13/h1-7,10,14,16H,8,11H2,(H2,19,22)/t14-,16-/m0/s1. The highest BCUT2D eigenvalue weighted by molar-refractivity contribution is 7.89. The molecule has 1 aromatic heterocycles. The third kappa shape index (κ3) is 3.51. The van der Waals surface area contributed by atoms with Crippen molar-refractivity contribution in [3.63, 3.8) is 0 Å². The van der Waals surface area contributed by atoms with Crippen molar-refractivity contribution in [1.82, 2.24) is 9.29 Å². The summed E-state index contributed by atoms with van der Waals surface area (Å²) in [7, 11) is -3.96. The number of nitriles is 1. The molecule has 1 fully saturated rings. The zero-order valence-corrected chi connectivity index (χ0v) is 14.5. The number of carbonyl (C=O) groups is 1. The number of primary amides is 1. The summed E-state index contributed by atoms with van der Waals surface area (Å²) in [4.78, 5) is 15.7. The molecule has 0 saturated carbocycles. The van der Waals surface area contributed by atoms with Crippen LogP contribution >= 0.6 is 0 Å². The first-order valence-electron chi connectivity index (χ1n) is 7.80. The minimum atomic E-state index is -3.96. The highest BCUT2D eigenvalue weighted by Crippen LogP contribution is 2.28. The molecule has 2 N–H and O–H groups in total. The van der Waals surface area contributed by atoms with Gasteiger partial charge in [-0.3, -0.25) is 9.78 Å². The Kier molecular flexibility index (Phi) is 4.88. The molecular weight excluding hydrogens is 356 g/mol. The normalized spacial score (nSPS) is 20.4. The van der Waals surface area contributed by atoms with Gasteiger partial charge in [-0.25, -0.2) is 8.42 Å². The summed E-state index contributed by atoms with van der Waals surface area (Å²) >= 11 is 0. The summed E-state index contributed by atoms with van der Waals surface area (Å²) in [6.07, 6.45) is 2.73. The van der Waals surface area contributed by atoms with Gasteiger partial charge < -0.3 is 10.5 Å². The Labute approximate surface area is 150 Å². The number of benzene rings is 1. The third-order valence-electron chi connectivity index (χ3n) is 4.07. The Morgan fingerprint density at radius 1 is 1.31 bits per heavy atom. The van der Waals surface area contributed by atoms with Gasteiger partial charge in [0.2, 0.25) is 15.9 Å². The minimum Gasteiger partial charge on any atom is -0.487 e. The summed E-state index contributed by atoms with van der Waals surface area (Å²) in [6.45, 7) is -0.00909. The van der Waals surface area contributed by atoms with Crippen LogP contribution in [-0.2, 0) is 14.8 Å². The van der Waals surface area contributed by atoms with E-state index in [1.165, 1.54) is 30.5 Å². The molecule has 134 valence electrons. The van der Waals surface area contributed by atoms with Crippen LogP contribution in [0.3, 0.4) is 0 Å². The van der Waals surface area contributed by atoms with Gasteiger partial charge in [-0.2, -0.15) is 9.57 Å². The molecule has 3 rings (SSSR count). The highest BCUT2D eigenvalue weighted by atomic mass is 32.2. The van der Waals surface area contributed by atoms with Crippen LogP contribution in [0.5, 0.6) is 5.75 Å². The lowest BCUT2D eigenvalue weighted by atomic mass is 10.2. The van der Waals surface area contributed by atoms with Crippen molar-refractivity contribution in [1.29, 1.82) is 5.26 Å². The summed E-state index contributed by atoms with van der Waals surface area (Å²) in [6, 6.07) is 9.81. The van der Waals surface area contributed by atoms with E-state index in [1.807, 2.05) is 6.07 Å². The van der Waals surface area contributed by atoms with Crippen molar-refractivity contribution in [2.45, 2.75) is 23.5 Å².